The number of para-hydroxylation sites is 1. The number of hydrogen-bond acceptors (Lipinski definition) is 1. The van der Waals surface area contributed by atoms with Crippen LogP contribution in [-0.2, 0) is 0 Å². The van der Waals surface area contributed by atoms with Crippen molar-refractivity contribution in [1.29, 1.82) is 0 Å². The van der Waals surface area contributed by atoms with E-state index in [9.17, 15) is 5.11 Å². The van der Waals surface area contributed by atoms with Crippen LogP contribution in [0.5, 0.6) is 5.75 Å². The molecule has 0 radical (unpaired) electrons. The lowest BCUT2D eigenvalue weighted by Crippen LogP contribution is -1.86. The molecule has 0 saturated carbocycles. The van der Waals surface area contributed by atoms with Gasteiger partial charge in [-0.1, -0.05) is 12.1 Å². The second-order valence-corrected chi connectivity index (χ2v) is 6.10. The second-order valence-electron chi connectivity index (χ2n) is 5.25. The number of fused-ring (bicyclic) bond motifs is 1. The summed E-state index contributed by atoms with van der Waals surface area (Å²) < 4.78 is 1.07. The van der Waals surface area contributed by atoms with Gasteiger partial charge in [0, 0.05) is 15.6 Å². The molecule has 1 heterocycles. The van der Waals surface area contributed by atoms with Gasteiger partial charge in [-0.25, -0.2) is 0 Å². The molecule has 0 fully saturated rings. The molecular weight excluding hydrogens is 314 g/mol. The van der Waals surface area contributed by atoms with E-state index in [1.54, 1.807) is 0 Å². The fraction of sp³-hybridized carbons (Fsp3) is 0.176. The number of H-pyrrole nitrogens is 1. The van der Waals surface area contributed by atoms with Crippen molar-refractivity contribution in [1.82, 2.24) is 4.98 Å². The summed E-state index contributed by atoms with van der Waals surface area (Å²) >= 11 is 3.59. The van der Waals surface area contributed by atoms with Crippen molar-refractivity contribution in [2.24, 2.45) is 0 Å². The van der Waals surface area contributed by atoms with Crippen LogP contribution >= 0.6 is 15.9 Å². The maximum atomic E-state index is 9.91. The van der Waals surface area contributed by atoms with Gasteiger partial charge in [-0.15, -0.1) is 0 Å². The quantitative estimate of drug-likeness (QED) is 0.630. The number of aromatic hydroxyl groups is 1. The Morgan fingerprint density at radius 3 is 2.30 bits per heavy atom. The van der Waals surface area contributed by atoms with Crippen LogP contribution in [0.1, 0.15) is 16.7 Å². The summed E-state index contributed by atoms with van der Waals surface area (Å²) in [6.07, 6.45) is 0. The smallest absolute Gasteiger partial charge is 0.121 e. The van der Waals surface area contributed by atoms with E-state index in [4.69, 9.17) is 0 Å². The Hall–Kier alpha value is -1.74. The molecule has 0 saturated heterocycles. The van der Waals surface area contributed by atoms with E-state index < -0.39 is 0 Å². The fourth-order valence-corrected chi connectivity index (χ4v) is 3.17. The highest BCUT2D eigenvalue weighted by Gasteiger charge is 2.13. The molecule has 0 aliphatic carbocycles. The Kier molecular flexibility index (Phi) is 3.09. The van der Waals surface area contributed by atoms with Crippen molar-refractivity contribution in [3.63, 3.8) is 0 Å². The molecule has 0 spiro atoms. The molecule has 2 N–H and O–H groups in total. The first-order valence-electron chi connectivity index (χ1n) is 6.56. The molecule has 2 nitrogen and oxygen atoms in total. The molecule has 0 atom stereocenters. The largest absolute Gasteiger partial charge is 0.507 e. The minimum Gasteiger partial charge on any atom is -0.507 e. The summed E-state index contributed by atoms with van der Waals surface area (Å²) in [5.74, 6) is 0.378. The number of hydrogen-bond donors (Lipinski definition) is 2. The highest BCUT2D eigenvalue weighted by Crippen LogP contribution is 2.35. The molecule has 0 unspecified atom stereocenters. The molecule has 0 aliphatic rings. The summed E-state index contributed by atoms with van der Waals surface area (Å²) in [6.45, 7) is 5.98. The SMILES string of the molecule is Cc1cc(-c2[nH]c3c(Br)cccc3c2C)cc(C)c1O. The van der Waals surface area contributed by atoms with Crippen LogP contribution in [-0.4, -0.2) is 10.1 Å². The Labute approximate surface area is 126 Å². The monoisotopic (exact) mass is 329 g/mol. The van der Waals surface area contributed by atoms with Crippen molar-refractivity contribution < 1.29 is 5.11 Å². The van der Waals surface area contributed by atoms with E-state index in [1.807, 2.05) is 38.1 Å². The minimum absolute atomic E-state index is 0.378. The van der Waals surface area contributed by atoms with Crippen LogP contribution in [0.3, 0.4) is 0 Å². The molecular formula is C17H16BrNO. The van der Waals surface area contributed by atoms with E-state index in [1.165, 1.54) is 10.9 Å². The number of halogens is 1. The van der Waals surface area contributed by atoms with Crippen molar-refractivity contribution in [2.45, 2.75) is 20.8 Å². The van der Waals surface area contributed by atoms with Crippen LogP contribution in [0.2, 0.25) is 0 Å². The van der Waals surface area contributed by atoms with E-state index >= 15 is 0 Å². The molecule has 102 valence electrons. The lowest BCUT2D eigenvalue weighted by molar-refractivity contribution is 0.467. The van der Waals surface area contributed by atoms with Crippen molar-refractivity contribution in [3.8, 4) is 17.0 Å². The zero-order chi connectivity index (χ0) is 14.4. The summed E-state index contributed by atoms with van der Waals surface area (Å²) in [7, 11) is 0. The minimum atomic E-state index is 0.378. The Balaban J connectivity index is 2.30. The maximum absolute atomic E-state index is 9.91. The molecule has 3 rings (SSSR count). The first kappa shape index (κ1) is 13.3. The van der Waals surface area contributed by atoms with Gasteiger partial charge in [-0.3, -0.25) is 0 Å². The number of nitrogens with one attached hydrogen (secondary N) is 1. The Morgan fingerprint density at radius 2 is 1.70 bits per heavy atom. The molecule has 3 heteroatoms. The first-order chi connectivity index (χ1) is 9.49. The topological polar surface area (TPSA) is 36.0 Å². The van der Waals surface area contributed by atoms with Crippen molar-refractivity contribution in [3.05, 3.63) is 51.5 Å². The number of aromatic nitrogens is 1. The van der Waals surface area contributed by atoms with E-state index in [0.29, 0.717) is 5.75 Å². The van der Waals surface area contributed by atoms with E-state index in [2.05, 4.69) is 33.9 Å². The number of rotatable bonds is 1. The molecule has 0 amide bonds. The van der Waals surface area contributed by atoms with Crippen LogP contribution in [0.25, 0.3) is 22.2 Å². The van der Waals surface area contributed by atoms with E-state index in [-0.39, 0.29) is 0 Å². The predicted octanol–water partition coefficient (Wildman–Crippen LogP) is 5.23. The summed E-state index contributed by atoms with van der Waals surface area (Å²) in [6, 6.07) is 10.2. The molecule has 3 aromatic rings. The summed E-state index contributed by atoms with van der Waals surface area (Å²) in [4.78, 5) is 3.49. The van der Waals surface area contributed by atoms with Crippen LogP contribution < -0.4 is 0 Å². The first-order valence-corrected chi connectivity index (χ1v) is 7.35. The van der Waals surface area contributed by atoms with Crippen LogP contribution in [0.15, 0.2) is 34.8 Å². The average molecular weight is 330 g/mol. The third-order valence-corrected chi connectivity index (χ3v) is 4.48. The normalized spacial score (nSPS) is 11.2. The van der Waals surface area contributed by atoms with Gasteiger partial charge in [0.1, 0.15) is 5.75 Å². The number of aromatic amines is 1. The number of benzene rings is 2. The predicted molar refractivity (Wildman–Crippen MR) is 87.3 cm³/mol. The zero-order valence-electron chi connectivity index (χ0n) is 11.7. The van der Waals surface area contributed by atoms with Gasteiger partial charge in [-0.2, -0.15) is 0 Å². The van der Waals surface area contributed by atoms with Crippen LogP contribution in [0, 0.1) is 20.8 Å². The molecule has 2 aromatic carbocycles. The standard InChI is InChI=1S/C17H16BrNO/c1-9-7-12(8-10(2)17(9)20)15-11(3)13-5-4-6-14(18)16(13)19-15/h4-8,19-20H,1-3H3. The average Bonchev–Trinajstić information content (AvgIpc) is 2.75. The highest BCUT2D eigenvalue weighted by molar-refractivity contribution is 9.10. The van der Waals surface area contributed by atoms with Crippen molar-refractivity contribution in [2.75, 3.05) is 0 Å². The van der Waals surface area contributed by atoms with Gasteiger partial charge in [0.15, 0.2) is 0 Å². The van der Waals surface area contributed by atoms with Gasteiger partial charge in [0.25, 0.3) is 0 Å². The zero-order valence-corrected chi connectivity index (χ0v) is 13.3. The second kappa shape index (κ2) is 4.67. The van der Waals surface area contributed by atoms with Crippen molar-refractivity contribution >= 4 is 26.8 Å². The summed E-state index contributed by atoms with van der Waals surface area (Å²) in [5, 5.41) is 11.1. The third-order valence-electron chi connectivity index (χ3n) is 3.82. The van der Waals surface area contributed by atoms with Gasteiger partial charge in [0.05, 0.1) is 5.52 Å². The van der Waals surface area contributed by atoms with Gasteiger partial charge >= 0.3 is 0 Å². The van der Waals surface area contributed by atoms with Gasteiger partial charge in [0.2, 0.25) is 0 Å². The number of phenolic OH excluding ortho intramolecular Hbond substituents is 1. The highest BCUT2D eigenvalue weighted by atomic mass is 79.9. The fourth-order valence-electron chi connectivity index (χ4n) is 2.71. The molecule has 20 heavy (non-hydrogen) atoms. The van der Waals surface area contributed by atoms with Gasteiger partial charge < -0.3 is 10.1 Å². The summed E-state index contributed by atoms with van der Waals surface area (Å²) in [5.41, 5.74) is 6.36. The van der Waals surface area contributed by atoms with Crippen LogP contribution in [0.4, 0.5) is 0 Å². The van der Waals surface area contributed by atoms with Gasteiger partial charge in [-0.05, 0) is 77.2 Å². The Bertz CT molecular complexity index is 794. The van der Waals surface area contributed by atoms with E-state index in [0.717, 1.165) is 32.4 Å². The molecule has 0 aliphatic heterocycles. The lowest BCUT2D eigenvalue weighted by atomic mass is 10.0. The number of aryl methyl sites for hydroxylation is 3. The molecule has 1 aromatic heterocycles. The maximum Gasteiger partial charge on any atom is 0.121 e. The lowest BCUT2D eigenvalue weighted by Gasteiger charge is -2.07. The Morgan fingerprint density at radius 1 is 1.05 bits per heavy atom. The number of phenols is 1. The third kappa shape index (κ3) is 1.93. The molecule has 0 bridgehead atoms.